The third-order valence-electron chi connectivity index (χ3n) is 4.34. The number of hydrogen-bond acceptors (Lipinski definition) is 3. The Bertz CT molecular complexity index is 386. The lowest BCUT2D eigenvalue weighted by atomic mass is 10.1. The van der Waals surface area contributed by atoms with Crippen LogP contribution in [-0.2, 0) is 0 Å². The largest absolute Gasteiger partial charge is 0.497 e. The van der Waals surface area contributed by atoms with E-state index < -0.39 is 0 Å². The van der Waals surface area contributed by atoms with E-state index in [-0.39, 0.29) is 0 Å². The first kappa shape index (κ1) is 14.4. The normalized spacial score (nSPS) is 18.4. The Morgan fingerprint density at radius 2 is 1.95 bits per heavy atom. The van der Waals surface area contributed by atoms with Crippen LogP contribution in [0.2, 0.25) is 0 Å². The predicted octanol–water partition coefficient (Wildman–Crippen LogP) is 2.69. The summed E-state index contributed by atoms with van der Waals surface area (Å²) in [6.07, 6.45) is 2.80. The Kier molecular flexibility index (Phi) is 4.83. The van der Waals surface area contributed by atoms with Crippen LogP contribution in [0.3, 0.4) is 0 Å². The second kappa shape index (κ2) is 6.40. The average molecular weight is 262 g/mol. The van der Waals surface area contributed by atoms with Crippen molar-refractivity contribution < 1.29 is 4.74 Å². The number of rotatable bonds is 7. The highest BCUT2D eigenvalue weighted by Crippen LogP contribution is 2.35. The fourth-order valence-electron chi connectivity index (χ4n) is 2.59. The summed E-state index contributed by atoms with van der Waals surface area (Å²) in [4.78, 5) is 2.48. The fourth-order valence-corrected chi connectivity index (χ4v) is 2.59. The molecule has 1 fully saturated rings. The van der Waals surface area contributed by atoms with Gasteiger partial charge < -0.3 is 15.0 Å². The molecule has 2 rings (SSSR count). The standard InChI is InChI=1S/C16H26N2O/c1-12(13-5-6-13)18(3)11-16(17-2)14-7-9-15(19-4)10-8-14/h7-10,12-13,16-17H,5-6,11H2,1-4H3. The van der Waals surface area contributed by atoms with E-state index in [0.717, 1.165) is 18.2 Å². The fraction of sp³-hybridized carbons (Fsp3) is 0.625. The van der Waals surface area contributed by atoms with E-state index in [1.165, 1.54) is 18.4 Å². The van der Waals surface area contributed by atoms with Crippen LogP contribution in [0.15, 0.2) is 24.3 Å². The molecule has 19 heavy (non-hydrogen) atoms. The second-order valence-corrected chi connectivity index (χ2v) is 5.63. The molecular weight excluding hydrogens is 236 g/mol. The first-order chi connectivity index (χ1) is 9.15. The number of likely N-dealkylation sites (N-methyl/N-ethyl adjacent to an activating group) is 2. The number of methoxy groups -OCH3 is 1. The lowest BCUT2D eigenvalue weighted by molar-refractivity contribution is 0.213. The van der Waals surface area contributed by atoms with E-state index in [0.29, 0.717) is 12.1 Å². The molecule has 0 heterocycles. The molecule has 0 amide bonds. The maximum atomic E-state index is 5.21. The number of nitrogens with zero attached hydrogens (tertiary/aromatic N) is 1. The lowest BCUT2D eigenvalue weighted by Gasteiger charge is -2.29. The van der Waals surface area contributed by atoms with Gasteiger partial charge in [0, 0.05) is 18.6 Å². The molecule has 0 bridgehead atoms. The summed E-state index contributed by atoms with van der Waals surface area (Å²) >= 11 is 0. The Labute approximate surface area is 116 Å². The van der Waals surface area contributed by atoms with Crippen molar-refractivity contribution in [3.63, 3.8) is 0 Å². The molecule has 2 atom stereocenters. The van der Waals surface area contributed by atoms with Crippen molar-refractivity contribution in [1.82, 2.24) is 10.2 Å². The van der Waals surface area contributed by atoms with Gasteiger partial charge in [0.05, 0.1) is 7.11 Å². The minimum Gasteiger partial charge on any atom is -0.497 e. The van der Waals surface area contributed by atoms with Crippen LogP contribution in [0.25, 0.3) is 0 Å². The van der Waals surface area contributed by atoms with Gasteiger partial charge in [0.25, 0.3) is 0 Å². The van der Waals surface area contributed by atoms with Gasteiger partial charge in [-0.3, -0.25) is 0 Å². The van der Waals surface area contributed by atoms with Crippen LogP contribution in [0, 0.1) is 5.92 Å². The highest BCUT2D eigenvalue weighted by molar-refractivity contribution is 5.29. The van der Waals surface area contributed by atoms with Crippen LogP contribution in [-0.4, -0.2) is 38.7 Å². The minimum absolute atomic E-state index is 0.372. The SMILES string of the molecule is CNC(CN(C)C(C)C1CC1)c1ccc(OC)cc1. The molecule has 106 valence electrons. The Balaban J connectivity index is 1.97. The van der Waals surface area contributed by atoms with E-state index in [4.69, 9.17) is 4.74 Å². The number of benzene rings is 1. The summed E-state index contributed by atoms with van der Waals surface area (Å²) in [5.41, 5.74) is 1.32. The molecule has 3 heteroatoms. The summed E-state index contributed by atoms with van der Waals surface area (Å²) in [6.45, 7) is 3.39. The molecule has 3 nitrogen and oxygen atoms in total. The molecule has 2 unspecified atom stereocenters. The van der Waals surface area contributed by atoms with Crippen molar-refractivity contribution >= 4 is 0 Å². The predicted molar refractivity (Wildman–Crippen MR) is 79.6 cm³/mol. The van der Waals surface area contributed by atoms with Crippen LogP contribution in [0.5, 0.6) is 5.75 Å². The van der Waals surface area contributed by atoms with Gasteiger partial charge in [0.15, 0.2) is 0 Å². The molecule has 1 N–H and O–H groups in total. The third kappa shape index (κ3) is 3.71. The molecule has 1 aromatic carbocycles. The Morgan fingerprint density at radius 1 is 1.32 bits per heavy atom. The molecule has 1 aromatic rings. The highest BCUT2D eigenvalue weighted by Gasteiger charge is 2.31. The zero-order valence-electron chi connectivity index (χ0n) is 12.5. The Hall–Kier alpha value is -1.06. The van der Waals surface area contributed by atoms with E-state index >= 15 is 0 Å². The first-order valence-electron chi connectivity index (χ1n) is 7.17. The Morgan fingerprint density at radius 3 is 2.42 bits per heavy atom. The summed E-state index contributed by atoms with van der Waals surface area (Å²) < 4.78 is 5.21. The quantitative estimate of drug-likeness (QED) is 0.817. The summed E-state index contributed by atoms with van der Waals surface area (Å²) in [5, 5.41) is 3.42. The molecule has 0 spiro atoms. The smallest absolute Gasteiger partial charge is 0.118 e. The van der Waals surface area contributed by atoms with Gasteiger partial charge in [-0.15, -0.1) is 0 Å². The monoisotopic (exact) mass is 262 g/mol. The van der Waals surface area contributed by atoms with Crippen molar-refractivity contribution in [1.29, 1.82) is 0 Å². The van der Waals surface area contributed by atoms with Crippen molar-refractivity contribution in [2.24, 2.45) is 5.92 Å². The zero-order chi connectivity index (χ0) is 13.8. The van der Waals surface area contributed by atoms with Gasteiger partial charge in [0.2, 0.25) is 0 Å². The van der Waals surface area contributed by atoms with E-state index in [2.05, 4.69) is 36.3 Å². The topological polar surface area (TPSA) is 24.5 Å². The minimum atomic E-state index is 0.372. The van der Waals surface area contributed by atoms with Gasteiger partial charge in [0.1, 0.15) is 5.75 Å². The van der Waals surface area contributed by atoms with E-state index in [1.54, 1.807) is 7.11 Å². The second-order valence-electron chi connectivity index (χ2n) is 5.63. The zero-order valence-corrected chi connectivity index (χ0v) is 12.5. The average Bonchev–Trinajstić information content (AvgIpc) is 3.28. The van der Waals surface area contributed by atoms with Gasteiger partial charge in [-0.2, -0.15) is 0 Å². The lowest BCUT2D eigenvalue weighted by Crippen LogP contribution is -2.37. The van der Waals surface area contributed by atoms with Crippen molar-refractivity contribution in [2.45, 2.75) is 31.8 Å². The van der Waals surface area contributed by atoms with E-state index in [9.17, 15) is 0 Å². The molecular formula is C16H26N2O. The molecule has 0 aromatic heterocycles. The van der Waals surface area contributed by atoms with Crippen LogP contribution >= 0.6 is 0 Å². The highest BCUT2D eigenvalue weighted by atomic mass is 16.5. The number of ether oxygens (including phenoxy) is 1. The third-order valence-corrected chi connectivity index (χ3v) is 4.34. The van der Waals surface area contributed by atoms with Crippen LogP contribution in [0.4, 0.5) is 0 Å². The van der Waals surface area contributed by atoms with E-state index in [1.807, 2.05) is 19.2 Å². The van der Waals surface area contributed by atoms with Crippen molar-refractivity contribution in [3.05, 3.63) is 29.8 Å². The van der Waals surface area contributed by atoms with Crippen LogP contribution in [0.1, 0.15) is 31.4 Å². The first-order valence-corrected chi connectivity index (χ1v) is 7.17. The molecule has 0 radical (unpaired) electrons. The number of hydrogen-bond donors (Lipinski definition) is 1. The summed E-state index contributed by atoms with van der Waals surface area (Å²) in [5.74, 6) is 1.83. The summed E-state index contributed by atoms with van der Waals surface area (Å²) in [7, 11) is 5.97. The van der Waals surface area contributed by atoms with Crippen LogP contribution < -0.4 is 10.1 Å². The molecule has 1 aliphatic rings. The maximum absolute atomic E-state index is 5.21. The number of nitrogens with one attached hydrogen (secondary N) is 1. The van der Waals surface area contributed by atoms with Gasteiger partial charge >= 0.3 is 0 Å². The summed E-state index contributed by atoms with van der Waals surface area (Å²) in [6, 6.07) is 9.42. The maximum Gasteiger partial charge on any atom is 0.118 e. The van der Waals surface area contributed by atoms with Crippen molar-refractivity contribution in [3.8, 4) is 5.75 Å². The van der Waals surface area contributed by atoms with Gasteiger partial charge in [-0.05, 0) is 57.5 Å². The molecule has 1 aliphatic carbocycles. The van der Waals surface area contributed by atoms with Gasteiger partial charge in [-0.1, -0.05) is 12.1 Å². The molecule has 0 saturated heterocycles. The van der Waals surface area contributed by atoms with Gasteiger partial charge in [-0.25, -0.2) is 0 Å². The molecule has 1 saturated carbocycles. The molecule has 0 aliphatic heterocycles. The van der Waals surface area contributed by atoms with Crippen molar-refractivity contribution in [2.75, 3.05) is 27.7 Å².